The van der Waals surface area contributed by atoms with Gasteiger partial charge in [0, 0.05) is 13.1 Å². The van der Waals surface area contributed by atoms with Gasteiger partial charge in [0.05, 0.1) is 27.3 Å². The summed E-state index contributed by atoms with van der Waals surface area (Å²) in [5.41, 5.74) is 0.589. The molecule has 1 aromatic rings. The van der Waals surface area contributed by atoms with E-state index in [9.17, 15) is 13.2 Å². The van der Waals surface area contributed by atoms with Crippen LogP contribution in [-0.2, 0) is 10.9 Å². The van der Waals surface area contributed by atoms with E-state index in [2.05, 4.69) is 25.3 Å². The molecule has 2 atom stereocenters. The number of rotatable bonds is 11. The maximum absolute atomic E-state index is 12.8. The number of morpholine rings is 1. The minimum absolute atomic E-state index is 0.335. The average molecular weight is 426 g/mol. The number of alkyl halides is 3. The van der Waals surface area contributed by atoms with Crippen LogP contribution in [0.2, 0.25) is 6.04 Å². The van der Waals surface area contributed by atoms with Crippen LogP contribution >= 0.6 is 0 Å². The summed E-state index contributed by atoms with van der Waals surface area (Å²) in [6.07, 6.45) is 3.41. The van der Waals surface area contributed by atoms with Crippen LogP contribution in [0.5, 0.6) is 0 Å². The molecule has 0 spiro atoms. The number of ether oxygens (including phenoxy) is 1. The molecule has 6 heteroatoms. The Morgan fingerprint density at radius 3 is 2.45 bits per heavy atom. The van der Waals surface area contributed by atoms with Crippen LogP contribution in [0.3, 0.4) is 0 Å². The minimum atomic E-state index is -4.27. The van der Waals surface area contributed by atoms with E-state index >= 15 is 0 Å². The molecule has 29 heavy (non-hydrogen) atoms. The van der Waals surface area contributed by atoms with E-state index in [4.69, 9.17) is 4.74 Å². The maximum Gasteiger partial charge on any atom is 0.416 e. The van der Waals surface area contributed by atoms with Gasteiger partial charge in [-0.15, -0.1) is 6.58 Å². The van der Waals surface area contributed by atoms with E-state index in [1.165, 1.54) is 37.8 Å². The molecule has 1 aromatic carbocycles. The minimum Gasteiger partial charge on any atom is -0.373 e. The SMILES string of the molecule is C=C(CCCCCCCN1CC(C)OC(C)C1)C[Si]c1cccc(C(F)(F)F)c1. The Morgan fingerprint density at radius 2 is 1.76 bits per heavy atom. The van der Waals surface area contributed by atoms with Gasteiger partial charge in [-0.25, -0.2) is 0 Å². The topological polar surface area (TPSA) is 12.5 Å². The van der Waals surface area contributed by atoms with Crippen LogP contribution < -0.4 is 5.19 Å². The Hall–Kier alpha value is -1.11. The summed E-state index contributed by atoms with van der Waals surface area (Å²) in [5.74, 6) is 0. The van der Waals surface area contributed by atoms with Crippen molar-refractivity contribution in [2.45, 2.75) is 76.8 Å². The summed E-state index contributed by atoms with van der Waals surface area (Å²) in [6.45, 7) is 11.6. The molecule has 1 aliphatic heterocycles. The number of nitrogens with zero attached hydrogens (tertiary/aromatic N) is 1. The highest BCUT2D eigenvalue weighted by molar-refractivity contribution is 6.54. The van der Waals surface area contributed by atoms with Crippen molar-refractivity contribution in [2.24, 2.45) is 0 Å². The molecule has 1 saturated heterocycles. The first-order valence-corrected chi connectivity index (χ1v) is 11.9. The highest BCUT2D eigenvalue weighted by Crippen LogP contribution is 2.28. The first kappa shape index (κ1) is 24.2. The third kappa shape index (κ3) is 9.49. The predicted molar refractivity (Wildman–Crippen MR) is 115 cm³/mol. The van der Waals surface area contributed by atoms with Crippen molar-refractivity contribution in [3.05, 3.63) is 42.0 Å². The van der Waals surface area contributed by atoms with Gasteiger partial charge in [-0.2, -0.15) is 13.2 Å². The second-order valence-corrected chi connectivity index (χ2v) is 9.50. The fourth-order valence-electron chi connectivity index (χ4n) is 3.83. The summed E-state index contributed by atoms with van der Waals surface area (Å²) in [4.78, 5) is 2.51. The Bertz CT molecular complexity index is 625. The molecule has 2 radical (unpaired) electrons. The van der Waals surface area contributed by atoms with Crippen molar-refractivity contribution in [1.29, 1.82) is 0 Å². The number of halogens is 3. The van der Waals surface area contributed by atoms with Gasteiger partial charge in [0.2, 0.25) is 0 Å². The summed E-state index contributed by atoms with van der Waals surface area (Å²) >= 11 is 0. The molecule has 2 unspecified atom stereocenters. The van der Waals surface area contributed by atoms with Crippen LogP contribution in [0.15, 0.2) is 36.4 Å². The zero-order valence-corrected chi connectivity index (χ0v) is 18.7. The first-order chi connectivity index (χ1) is 13.7. The van der Waals surface area contributed by atoms with E-state index in [0.29, 0.717) is 21.7 Å². The van der Waals surface area contributed by atoms with Crippen molar-refractivity contribution in [3.63, 3.8) is 0 Å². The number of hydrogen-bond acceptors (Lipinski definition) is 2. The first-order valence-electron chi connectivity index (χ1n) is 10.7. The molecule has 2 rings (SSSR count). The quantitative estimate of drug-likeness (QED) is 0.265. The lowest BCUT2D eigenvalue weighted by molar-refractivity contribution is -0.137. The molecule has 1 heterocycles. The number of allylic oxidation sites excluding steroid dienone is 1. The molecular formula is C23H34F3NOSi. The van der Waals surface area contributed by atoms with Crippen LogP contribution in [0.25, 0.3) is 0 Å². The largest absolute Gasteiger partial charge is 0.416 e. The monoisotopic (exact) mass is 425 g/mol. The molecule has 0 bridgehead atoms. The Labute approximate surface area is 176 Å². The van der Waals surface area contributed by atoms with E-state index in [1.807, 2.05) is 0 Å². The molecule has 162 valence electrons. The summed E-state index contributed by atoms with van der Waals surface area (Å²) in [6, 6.07) is 6.45. The van der Waals surface area contributed by atoms with E-state index in [-0.39, 0.29) is 0 Å². The van der Waals surface area contributed by atoms with Crippen molar-refractivity contribution >= 4 is 14.7 Å². The fourth-order valence-corrected chi connectivity index (χ4v) is 4.93. The third-order valence-corrected chi connectivity index (χ3v) is 6.63. The summed E-state index contributed by atoms with van der Waals surface area (Å²) in [5, 5.41) is 0.757. The zero-order valence-electron chi connectivity index (χ0n) is 17.7. The zero-order chi connectivity index (χ0) is 21.3. The molecule has 0 N–H and O–H groups in total. The highest BCUT2D eigenvalue weighted by Gasteiger charge is 2.30. The second-order valence-electron chi connectivity index (χ2n) is 8.22. The van der Waals surface area contributed by atoms with E-state index in [1.54, 1.807) is 6.07 Å². The molecular weight excluding hydrogens is 391 g/mol. The van der Waals surface area contributed by atoms with Gasteiger partial charge < -0.3 is 4.74 Å². The molecule has 1 fully saturated rings. The van der Waals surface area contributed by atoms with E-state index in [0.717, 1.165) is 55.3 Å². The van der Waals surface area contributed by atoms with Gasteiger partial charge in [-0.1, -0.05) is 54.3 Å². The second kappa shape index (κ2) is 11.9. The maximum atomic E-state index is 12.8. The summed E-state index contributed by atoms with van der Waals surface area (Å²) in [7, 11) is 0.355. The van der Waals surface area contributed by atoms with Crippen molar-refractivity contribution in [3.8, 4) is 0 Å². The predicted octanol–water partition coefficient (Wildman–Crippen LogP) is 5.46. The summed E-state index contributed by atoms with van der Waals surface area (Å²) < 4.78 is 44.1. The van der Waals surface area contributed by atoms with Gasteiger partial charge in [-0.3, -0.25) is 4.90 Å². The third-order valence-electron chi connectivity index (χ3n) is 5.23. The van der Waals surface area contributed by atoms with Gasteiger partial charge in [-0.05, 0) is 45.7 Å². The van der Waals surface area contributed by atoms with Crippen LogP contribution in [0.1, 0.15) is 57.9 Å². The standard InChI is InChI=1S/C23H34F3NOSi/c1-18(17-29-22-12-9-11-21(14-22)23(24,25)26)10-7-5-4-6-8-13-27-15-19(2)28-20(3)16-27/h9,11-12,14,19-20H,1,4-8,10,13,15-17H2,2-3H3. The molecule has 1 aliphatic rings. The van der Waals surface area contributed by atoms with Gasteiger partial charge in [0.15, 0.2) is 0 Å². The lowest BCUT2D eigenvalue weighted by Gasteiger charge is -2.35. The van der Waals surface area contributed by atoms with Crippen molar-refractivity contribution in [1.82, 2.24) is 4.90 Å². The van der Waals surface area contributed by atoms with Gasteiger partial charge in [0.1, 0.15) is 0 Å². The van der Waals surface area contributed by atoms with E-state index < -0.39 is 11.7 Å². The molecule has 0 aromatic heterocycles. The molecule has 0 aliphatic carbocycles. The Balaban J connectivity index is 1.52. The number of unbranched alkanes of at least 4 members (excludes halogenated alkanes) is 4. The fraction of sp³-hybridized carbons (Fsp3) is 0.652. The van der Waals surface area contributed by atoms with Crippen LogP contribution in [0.4, 0.5) is 13.2 Å². The van der Waals surface area contributed by atoms with Crippen molar-refractivity contribution < 1.29 is 17.9 Å². The lowest BCUT2D eigenvalue weighted by Crippen LogP contribution is -2.45. The normalized spacial score (nSPS) is 20.7. The number of hydrogen-bond donors (Lipinski definition) is 0. The van der Waals surface area contributed by atoms with Crippen LogP contribution in [-0.4, -0.2) is 46.3 Å². The van der Waals surface area contributed by atoms with Gasteiger partial charge >= 0.3 is 6.18 Å². The number of benzene rings is 1. The van der Waals surface area contributed by atoms with Crippen LogP contribution in [0, 0.1) is 0 Å². The molecule has 0 saturated carbocycles. The molecule has 2 nitrogen and oxygen atoms in total. The Kier molecular flexibility index (Phi) is 9.93. The average Bonchev–Trinajstić information content (AvgIpc) is 2.64. The lowest BCUT2D eigenvalue weighted by atomic mass is 10.1. The van der Waals surface area contributed by atoms with Crippen molar-refractivity contribution in [2.75, 3.05) is 19.6 Å². The highest BCUT2D eigenvalue weighted by atomic mass is 28.2. The smallest absolute Gasteiger partial charge is 0.373 e. The van der Waals surface area contributed by atoms with Gasteiger partial charge in [0.25, 0.3) is 0 Å². The Morgan fingerprint density at radius 1 is 1.10 bits per heavy atom. The molecule has 0 amide bonds.